The highest BCUT2D eigenvalue weighted by Crippen LogP contribution is 2.30. The summed E-state index contributed by atoms with van der Waals surface area (Å²) in [6.45, 7) is 3.86. The van der Waals surface area contributed by atoms with E-state index in [1.807, 2.05) is 38.1 Å². The van der Waals surface area contributed by atoms with Gasteiger partial charge in [0.1, 0.15) is 0 Å². The quantitative estimate of drug-likeness (QED) is 0.757. The number of amides is 1. The Morgan fingerprint density at radius 3 is 2.56 bits per heavy atom. The van der Waals surface area contributed by atoms with E-state index in [2.05, 4.69) is 15.3 Å². The first kappa shape index (κ1) is 10.8. The summed E-state index contributed by atoms with van der Waals surface area (Å²) >= 11 is 0. The molecule has 0 aromatic heterocycles. The van der Waals surface area contributed by atoms with Crippen LogP contribution in [0.1, 0.15) is 12.5 Å². The minimum absolute atomic E-state index is 0.270. The lowest BCUT2D eigenvalue weighted by atomic mass is 10.0. The van der Waals surface area contributed by atoms with Crippen LogP contribution in [0, 0.1) is 6.92 Å². The second kappa shape index (κ2) is 3.87. The molecule has 1 atom stereocenters. The van der Waals surface area contributed by atoms with Gasteiger partial charge in [0, 0.05) is 5.57 Å². The minimum atomic E-state index is -0.454. The van der Waals surface area contributed by atoms with Gasteiger partial charge in [-0.1, -0.05) is 17.7 Å². The Morgan fingerprint density at radius 1 is 1.11 bits per heavy atom. The van der Waals surface area contributed by atoms with Gasteiger partial charge >= 0.3 is 0 Å². The van der Waals surface area contributed by atoms with Crippen LogP contribution in [0.25, 0.3) is 0 Å². The van der Waals surface area contributed by atoms with Crippen LogP contribution in [0.2, 0.25) is 0 Å². The van der Waals surface area contributed by atoms with Gasteiger partial charge in [-0.05, 0) is 26.0 Å². The molecule has 0 saturated carbocycles. The lowest BCUT2D eigenvalue weighted by Gasteiger charge is -2.23. The van der Waals surface area contributed by atoms with Crippen LogP contribution < -0.4 is 5.01 Å². The monoisotopic (exact) mass is 240 g/mol. The number of hydrogen-bond donors (Lipinski definition) is 0. The maximum absolute atomic E-state index is 11.9. The largest absolute Gasteiger partial charge is 0.293 e. The van der Waals surface area contributed by atoms with Gasteiger partial charge in [0.15, 0.2) is 6.04 Å². The second-order valence-electron chi connectivity index (χ2n) is 4.41. The highest BCUT2D eigenvalue weighted by molar-refractivity contribution is 6.02. The van der Waals surface area contributed by atoms with Crippen molar-refractivity contribution in [2.75, 3.05) is 5.01 Å². The first-order valence-electron chi connectivity index (χ1n) is 5.73. The number of carbonyl (C=O) groups excluding carboxylic acids is 1. The molecule has 2 aliphatic heterocycles. The highest BCUT2D eigenvalue weighted by Gasteiger charge is 2.37. The predicted molar refractivity (Wildman–Crippen MR) is 68.5 cm³/mol. The molecule has 1 amide bonds. The summed E-state index contributed by atoms with van der Waals surface area (Å²) < 4.78 is 0. The van der Waals surface area contributed by atoms with Crippen molar-refractivity contribution in [2.45, 2.75) is 19.9 Å². The Hall–Kier alpha value is -2.30. The van der Waals surface area contributed by atoms with E-state index in [-0.39, 0.29) is 5.91 Å². The van der Waals surface area contributed by atoms with Crippen molar-refractivity contribution in [1.82, 2.24) is 0 Å². The molecule has 0 spiro atoms. The van der Waals surface area contributed by atoms with Gasteiger partial charge in [0.25, 0.3) is 5.91 Å². The van der Waals surface area contributed by atoms with E-state index in [4.69, 9.17) is 0 Å². The molecule has 1 unspecified atom stereocenters. The SMILES string of the molecule is CC1=C2C=NN(c3ccc(C)cc3)C2C(=O)N=N1. The molecule has 18 heavy (non-hydrogen) atoms. The Kier molecular flexibility index (Phi) is 2.33. The lowest BCUT2D eigenvalue weighted by molar-refractivity contribution is -0.118. The first-order chi connectivity index (χ1) is 8.66. The molecule has 1 aromatic rings. The topological polar surface area (TPSA) is 57.4 Å². The fourth-order valence-electron chi connectivity index (χ4n) is 2.07. The van der Waals surface area contributed by atoms with E-state index in [1.54, 1.807) is 11.2 Å². The number of carbonyl (C=O) groups is 1. The van der Waals surface area contributed by atoms with Crippen molar-refractivity contribution in [3.8, 4) is 0 Å². The molecule has 2 heterocycles. The lowest BCUT2D eigenvalue weighted by Crippen LogP contribution is -2.36. The van der Waals surface area contributed by atoms with E-state index in [0.717, 1.165) is 17.0 Å². The van der Waals surface area contributed by atoms with Crippen molar-refractivity contribution in [3.63, 3.8) is 0 Å². The fourth-order valence-corrected chi connectivity index (χ4v) is 2.07. The van der Waals surface area contributed by atoms with Crippen molar-refractivity contribution >= 4 is 17.8 Å². The van der Waals surface area contributed by atoms with Crippen molar-refractivity contribution < 1.29 is 4.79 Å². The molecule has 0 bridgehead atoms. The van der Waals surface area contributed by atoms with Crippen LogP contribution in [-0.2, 0) is 4.79 Å². The molecule has 90 valence electrons. The number of anilines is 1. The fraction of sp³-hybridized carbons (Fsp3) is 0.231. The second-order valence-corrected chi connectivity index (χ2v) is 4.41. The summed E-state index contributed by atoms with van der Waals surface area (Å²) in [4.78, 5) is 11.9. The Bertz CT molecular complexity index is 598. The third-order valence-electron chi connectivity index (χ3n) is 3.11. The molecule has 0 aliphatic carbocycles. The smallest absolute Gasteiger partial charge is 0.268 e. The number of fused-ring (bicyclic) bond motifs is 1. The van der Waals surface area contributed by atoms with Gasteiger partial charge in [0.2, 0.25) is 0 Å². The van der Waals surface area contributed by atoms with Crippen LogP contribution in [-0.4, -0.2) is 18.2 Å². The molecule has 3 rings (SSSR count). The predicted octanol–water partition coefficient (Wildman–Crippen LogP) is 2.44. The molecular weight excluding hydrogens is 228 g/mol. The maximum Gasteiger partial charge on any atom is 0.293 e. The van der Waals surface area contributed by atoms with Gasteiger partial charge in [-0.2, -0.15) is 10.2 Å². The van der Waals surface area contributed by atoms with Crippen molar-refractivity contribution in [3.05, 3.63) is 41.1 Å². The van der Waals surface area contributed by atoms with Crippen molar-refractivity contribution in [1.29, 1.82) is 0 Å². The molecule has 1 aromatic carbocycles. The Morgan fingerprint density at radius 2 is 1.83 bits per heavy atom. The van der Waals surface area contributed by atoms with Crippen molar-refractivity contribution in [2.24, 2.45) is 15.3 Å². The van der Waals surface area contributed by atoms with Crippen LogP contribution in [0.4, 0.5) is 5.69 Å². The molecule has 0 fully saturated rings. The molecule has 5 heteroatoms. The average molecular weight is 240 g/mol. The number of hydrazone groups is 1. The van der Waals surface area contributed by atoms with E-state index >= 15 is 0 Å². The number of rotatable bonds is 1. The van der Waals surface area contributed by atoms with Gasteiger partial charge in [0.05, 0.1) is 17.6 Å². The first-order valence-corrected chi connectivity index (χ1v) is 5.73. The zero-order chi connectivity index (χ0) is 12.7. The van der Waals surface area contributed by atoms with Gasteiger partial charge in [-0.3, -0.25) is 4.79 Å². The summed E-state index contributed by atoms with van der Waals surface area (Å²) in [5.74, 6) is -0.270. The summed E-state index contributed by atoms with van der Waals surface area (Å²) in [5, 5.41) is 13.5. The number of benzene rings is 1. The van der Waals surface area contributed by atoms with E-state index in [9.17, 15) is 4.79 Å². The molecule has 2 aliphatic rings. The number of nitrogens with zero attached hydrogens (tertiary/aromatic N) is 4. The van der Waals surface area contributed by atoms with Crippen LogP contribution in [0.15, 0.2) is 50.9 Å². The zero-order valence-corrected chi connectivity index (χ0v) is 10.2. The Labute approximate surface area is 105 Å². The normalized spacial score (nSPS) is 21.8. The van der Waals surface area contributed by atoms with Crippen LogP contribution in [0.5, 0.6) is 0 Å². The number of aryl methyl sites for hydroxylation is 1. The van der Waals surface area contributed by atoms with Gasteiger partial charge in [-0.15, -0.1) is 5.11 Å². The number of allylic oxidation sites excluding steroid dienone is 1. The minimum Gasteiger partial charge on any atom is -0.268 e. The van der Waals surface area contributed by atoms with Gasteiger partial charge in [-0.25, -0.2) is 5.01 Å². The summed E-state index contributed by atoms with van der Waals surface area (Å²) in [7, 11) is 0. The summed E-state index contributed by atoms with van der Waals surface area (Å²) in [6.07, 6.45) is 1.69. The summed E-state index contributed by atoms with van der Waals surface area (Å²) in [6, 6.07) is 7.43. The van der Waals surface area contributed by atoms with E-state index < -0.39 is 6.04 Å². The number of hydrogen-bond acceptors (Lipinski definition) is 4. The molecular formula is C13H12N4O. The van der Waals surface area contributed by atoms with Crippen LogP contribution >= 0.6 is 0 Å². The Balaban J connectivity index is 2.02. The molecule has 0 radical (unpaired) electrons. The van der Waals surface area contributed by atoms with E-state index in [0.29, 0.717) is 0 Å². The van der Waals surface area contributed by atoms with Gasteiger partial charge < -0.3 is 0 Å². The molecule has 0 N–H and O–H groups in total. The van der Waals surface area contributed by atoms with E-state index in [1.165, 1.54) is 5.56 Å². The highest BCUT2D eigenvalue weighted by atomic mass is 16.2. The summed E-state index contributed by atoms with van der Waals surface area (Å²) in [5.41, 5.74) is 3.63. The maximum atomic E-state index is 11.9. The zero-order valence-electron chi connectivity index (χ0n) is 10.2. The third-order valence-corrected chi connectivity index (χ3v) is 3.11. The molecule has 0 saturated heterocycles. The number of azo groups is 1. The standard InChI is InChI=1S/C13H12N4O/c1-8-3-5-10(6-4-8)17-12-11(7-14-17)9(2)15-16-13(12)18/h3-7,12H,1-2H3. The third kappa shape index (κ3) is 1.55. The molecule has 5 nitrogen and oxygen atoms in total. The van der Waals surface area contributed by atoms with Crippen LogP contribution in [0.3, 0.4) is 0 Å². The average Bonchev–Trinajstić information content (AvgIpc) is 2.81.